The van der Waals surface area contributed by atoms with E-state index in [0.717, 1.165) is 43.6 Å². The number of hydrogen-bond acceptors (Lipinski definition) is 3. The van der Waals surface area contributed by atoms with Gasteiger partial charge in [0.1, 0.15) is 0 Å². The number of halogens is 2. The van der Waals surface area contributed by atoms with Crippen molar-refractivity contribution >= 4 is 41.5 Å². The first-order valence-corrected chi connectivity index (χ1v) is 10.8. The molecular weight excluding hydrogens is 501 g/mol. The van der Waals surface area contributed by atoms with Gasteiger partial charge in [-0.25, -0.2) is 0 Å². The molecule has 1 aliphatic carbocycles. The molecular formula is C22H35ClIN3O2. The summed E-state index contributed by atoms with van der Waals surface area (Å²) in [6.07, 6.45) is 6.15. The maximum atomic E-state index is 6.11. The van der Waals surface area contributed by atoms with Gasteiger partial charge in [0.15, 0.2) is 5.96 Å². The minimum absolute atomic E-state index is 0. The van der Waals surface area contributed by atoms with Crippen LogP contribution in [0.25, 0.3) is 0 Å². The lowest BCUT2D eigenvalue weighted by atomic mass is 9.79. The van der Waals surface area contributed by atoms with Gasteiger partial charge >= 0.3 is 0 Å². The summed E-state index contributed by atoms with van der Waals surface area (Å²) in [4.78, 5) is 6.93. The first kappa shape index (κ1) is 24.7. The Morgan fingerprint density at radius 2 is 1.97 bits per heavy atom. The second-order valence-electron chi connectivity index (χ2n) is 8.06. The summed E-state index contributed by atoms with van der Waals surface area (Å²) in [5, 5.41) is 4.49. The van der Waals surface area contributed by atoms with E-state index in [0.29, 0.717) is 19.1 Å². The van der Waals surface area contributed by atoms with Crippen molar-refractivity contribution in [3.63, 3.8) is 0 Å². The van der Waals surface area contributed by atoms with Gasteiger partial charge < -0.3 is 19.7 Å². The van der Waals surface area contributed by atoms with E-state index in [1.807, 2.05) is 19.2 Å². The van der Waals surface area contributed by atoms with Gasteiger partial charge in [-0.3, -0.25) is 4.99 Å². The highest BCUT2D eigenvalue weighted by Crippen LogP contribution is 2.41. The molecule has 5 nitrogen and oxygen atoms in total. The van der Waals surface area contributed by atoms with E-state index in [1.165, 1.54) is 31.2 Å². The second-order valence-corrected chi connectivity index (χ2v) is 8.50. The van der Waals surface area contributed by atoms with Crippen LogP contribution in [0.5, 0.6) is 0 Å². The molecule has 0 spiro atoms. The highest BCUT2D eigenvalue weighted by Gasteiger charge is 2.36. The minimum Gasteiger partial charge on any atom is -0.382 e. The predicted octanol–water partition coefficient (Wildman–Crippen LogP) is 4.33. The van der Waals surface area contributed by atoms with Crippen LogP contribution in [0, 0.1) is 5.92 Å². The van der Waals surface area contributed by atoms with Crippen molar-refractivity contribution in [2.24, 2.45) is 10.9 Å². The average Bonchev–Trinajstić information content (AvgIpc) is 3.37. The molecule has 164 valence electrons. The van der Waals surface area contributed by atoms with Crippen molar-refractivity contribution in [2.45, 2.75) is 37.5 Å². The zero-order valence-electron chi connectivity index (χ0n) is 17.7. The maximum absolute atomic E-state index is 6.11. The Morgan fingerprint density at radius 3 is 2.62 bits per heavy atom. The first-order chi connectivity index (χ1) is 13.7. The average molecular weight is 536 g/mol. The van der Waals surface area contributed by atoms with Gasteiger partial charge in [-0.2, -0.15) is 0 Å². The molecule has 1 heterocycles. The molecule has 1 atom stereocenters. The highest BCUT2D eigenvalue weighted by molar-refractivity contribution is 14.0. The van der Waals surface area contributed by atoms with Gasteiger partial charge in [-0.15, -0.1) is 24.0 Å². The molecule has 1 aromatic carbocycles. The Labute approximate surface area is 197 Å². The summed E-state index contributed by atoms with van der Waals surface area (Å²) in [6.45, 7) is 5.08. The van der Waals surface area contributed by atoms with Gasteiger partial charge in [-0.05, 0) is 37.0 Å². The summed E-state index contributed by atoms with van der Waals surface area (Å²) < 4.78 is 10.8. The van der Waals surface area contributed by atoms with E-state index in [1.54, 1.807) is 7.11 Å². The van der Waals surface area contributed by atoms with Crippen LogP contribution in [0.3, 0.4) is 0 Å². The van der Waals surface area contributed by atoms with E-state index in [9.17, 15) is 0 Å². The topological polar surface area (TPSA) is 46.1 Å². The summed E-state index contributed by atoms with van der Waals surface area (Å²) in [7, 11) is 3.59. The largest absolute Gasteiger partial charge is 0.382 e. The lowest BCUT2D eigenvalue weighted by Gasteiger charge is -2.32. The van der Waals surface area contributed by atoms with E-state index in [4.69, 9.17) is 21.1 Å². The SMILES string of the molecule is CN=C(NCC1(c2ccc(Cl)cc2)CCCC1)N1CCC(COCCOC)C1.I. The summed E-state index contributed by atoms with van der Waals surface area (Å²) in [5.74, 6) is 1.58. The van der Waals surface area contributed by atoms with Gasteiger partial charge in [0.2, 0.25) is 0 Å². The molecule has 1 unspecified atom stereocenters. The number of hydrogen-bond donors (Lipinski definition) is 1. The third kappa shape index (κ3) is 6.71. The molecule has 1 aliphatic heterocycles. The summed E-state index contributed by atoms with van der Waals surface area (Å²) in [5.41, 5.74) is 1.58. The van der Waals surface area contributed by atoms with Crippen LogP contribution in [-0.2, 0) is 14.9 Å². The molecule has 0 radical (unpaired) electrons. The number of likely N-dealkylation sites (tertiary alicyclic amines) is 1. The molecule has 2 aliphatic rings. The van der Waals surface area contributed by atoms with E-state index in [2.05, 4.69) is 27.3 Å². The van der Waals surface area contributed by atoms with E-state index < -0.39 is 0 Å². The molecule has 1 N–H and O–H groups in total. The Hall–Kier alpha value is -0.570. The number of methoxy groups -OCH3 is 1. The quantitative estimate of drug-likeness (QED) is 0.233. The number of aliphatic imine (C=N–C) groups is 1. The Balaban J connectivity index is 0.00000300. The Bertz CT molecular complexity index is 635. The third-order valence-corrected chi connectivity index (χ3v) is 6.44. The lowest BCUT2D eigenvalue weighted by molar-refractivity contribution is 0.0536. The van der Waals surface area contributed by atoms with Crippen molar-refractivity contribution in [2.75, 3.05) is 53.6 Å². The monoisotopic (exact) mass is 535 g/mol. The fourth-order valence-corrected chi connectivity index (χ4v) is 4.68. The fraction of sp³-hybridized carbons (Fsp3) is 0.682. The van der Waals surface area contributed by atoms with Crippen molar-refractivity contribution in [3.05, 3.63) is 34.9 Å². The van der Waals surface area contributed by atoms with E-state index in [-0.39, 0.29) is 29.4 Å². The zero-order chi connectivity index (χ0) is 19.8. The molecule has 7 heteroatoms. The minimum atomic E-state index is 0. The molecule has 0 aromatic heterocycles. The van der Waals surface area contributed by atoms with Crippen LogP contribution in [0.1, 0.15) is 37.7 Å². The van der Waals surface area contributed by atoms with Gasteiger partial charge in [0, 0.05) is 50.1 Å². The number of ether oxygens (including phenoxy) is 2. The Kier molecular flexibility index (Phi) is 10.5. The van der Waals surface area contributed by atoms with Crippen LogP contribution in [-0.4, -0.2) is 64.5 Å². The fourth-order valence-electron chi connectivity index (χ4n) is 4.56. The molecule has 3 rings (SSSR count). The molecule has 1 saturated heterocycles. The van der Waals surface area contributed by atoms with Crippen LogP contribution in [0.15, 0.2) is 29.3 Å². The molecule has 1 saturated carbocycles. The van der Waals surface area contributed by atoms with Crippen LogP contribution >= 0.6 is 35.6 Å². The highest BCUT2D eigenvalue weighted by atomic mass is 127. The Morgan fingerprint density at radius 1 is 1.24 bits per heavy atom. The first-order valence-electron chi connectivity index (χ1n) is 10.5. The maximum Gasteiger partial charge on any atom is 0.193 e. The van der Waals surface area contributed by atoms with Crippen molar-refractivity contribution in [1.29, 1.82) is 0 Å². The zero-order valence-corrected chi connectivity index (χ0v) is 20.7. The van der Waals surface area contributed by atoms with Gasteiger partial charge in [-0.1, -0.05) is 36.6 Å². The number of benzene rings is 1. The summed E-state index contributed by atoms with van der Waals surface area (Å²) >= 11 is 6.11. The van der Waals surface area contributed by atoms with E-state index >= 15 is 0 Å². The van der Waals surface area contributed by atoms with Crippen LogP contribution < -0.4 is 5.32 Å². The summed E-state index contributed by atoms with van der Waals surface area (Å²) in [6, 6.07) is 8.42. The standard InChI is InChI=1S/C22H34ClN3O2.HI/c1-24-21(26-12-9-18(15-26)16-28-14-13-27-2)25-17-22(10-3-4-11-22)19-5-7-20(23)8-6-19;/h5-8,18H,3-4,9-17H2,1-2H3,(H,24,25);1H. The van der Waals surface area contributed by atoms with Crippen LogP contribution in [0.2, 0.25) is 5.02 Å². The van der Waals surface area contributed by atoms with Crippen LogP contribution in [0.4, 0.5) is 0 Å². The molecule has 1 aromatic rings. The van der Waals surface area contributed by atoms with Crippen molar-refractivity contribution in [3.8, 4) is 0 Å². The molecule has 0 amide bonds. The van der Waals surface area contributed by atoms with Crippen molar-refractivity contribution in [1.82, 2.24) is 10.2 Å². The second kappa shape index (κ2) is 12.3. The molecule has 0 bridgehead atoms. The molecule has 29 heavy (non-hydrogen) atoms. The smallest absolute Gasteiger partial charge is 0.193 e. The predicted molar refractivity (Wildman–Crippen MR) is 131 cm³/mol. The number of nitrogens with zero attached hydrogens (tertiary/aromatic N) is 2. The van der Waals surface area contributed by atoms with Gasteiger partial charge in [0.25, 0.3) is 0 Å². The van der Waals surface area contributed by atoms with Gasteiger partial charge in [0.05, 0.1) is 19.8 Å². The molecule has 2 fully saturated rings. The van der Waals surface area contributed by atoms with Crippen molar-refractivity contribution < 1.29 is 9.47 Å². The third-order valence-electron chi connectivity index (χ3n) is 6.18. The number of guanidine groups is 1. The normalized spacial score (nSPS) is 21.3. The lowest BCUT2D eigenvalue weighted by Crippen LogP contribution is -2.46. The number of rotatable bonds is 8. The number of nitrogens with one attached hydrogen (secondary N) is 1.